The van der Waals surface area contributed by atoms with E-state index in [0.29, 0.717) is 6.61 Å². The first kappa shape index (κ1) is 21.1. The lowest BCUT2D eigenvalue weighted by atomic mass is 9.98. The van der Waals surface area contributed by atoms with Crippen LogP contribution in [0.4, 0.5) is 10.5 Å². The smallest absolute Gasteiger partial charge is 0.407 e. The van der Waals surface area contributed by atoms with Crippen LogP contribution in [0.15, 0.2) is 72.8 Å². The summed E-state index contributed by atoms with van der Waals surface area (Å²) in [4.78, 5) is 14.6. The van der Waals surface area contributed by atoms with E-state index in [2.05, 4.69) is 63.8 Å². The minimum Gasteiger partial charge on any atom is -0.449 e. The molecular formula is C28H27N3O2. The Morgan fingerprint density at radius 3 is 2.39 bits per heavy atom. The first-order valence-electron chi connectivity index (χ1n) is 11.4. The quantitative estimate of drug-likeness (QED) is 0.606. The van der Waals surface area contributed by atoms with Gasteiger partial charge in [0.2, 0.25) is 0 Å². The molecule has 0 atom stereocenters. The Morgan fingerprint density at radius 1 is 0.970 bits per heavy atom. The predicted molar refractivity (Wildman–Crippen MR) is 131 cm³/mol. The van der Waals surface area contributed by atoms with Crippen molar-refractivity contribution in [2.24, 2.45) is 0 Å². The number of ether oxygens (including phenoxy) is 1. The van der Waals surface area contributed by atoms with Gasteiger partial charge in [-0.05, 0) is 40.5 Å². The molecular weight excluding hydrogens is 410 g/mol. The van der Waals surface area contributed by atoms with Crippen LogP contribution in [0.5, 0.6) is 0 Å². The lowest BCUT2D eigenvalue weighted by Crippen LogP contribution is -2.43. The van der Waals surface area contributed by atoms with Crippen LogP contribution in [0.1, 0.15) is 22.6 Å². The van der Waals surface area contributed by atoms with Crippen LogP contribution in [-0.2, 0) is 4.74 Å². The van der Waals surface area contributed by atoms with E-state index in [1.807, 2.05) is 36.4 Å². The number of amides is 1. The molecule has 5 nitrogen and oxygen atoms in total. The first-order valence-corrected chi connectivity index (χ1v) is 11.4. The van der Waals surface area contributed by atoms with Crippen molar-refractivity contribution in [3.63, 3.8) is 0 Å². The van der Waals surface area contributed by atoms with Gasteiger partial charge >= 0.3 is 6.09 Å². The first-order chi connectivity index (χ1) is 16.3. The summed E-state index contributed by atoms with van der Waals surface area (Å²) in [5.74, 6) is 6.23. The normalized spacial score (nSPS) is 14.6. The van der Waals surface area contributed by atoms with Crippen LogP contribution in [-0.4, -0.2) is 45.4 Å². The van der Waals surface area contributed by atoms with Crippen LogP contribution in [0.3, 0.4) is 0 Å². The number of nitrogens with zero attached hydrogens (tertiary/aromatic N) is 1. The maximum absolute atomic E-state index is 12.3. The van der Waals surface area contributed by atoms with E-state index in [0.717, 1.165) is 31.7 Å². The zero-order chi connectivity index (χ0) is 22.5. The van der Waals surface area contributed by atoms with Crippen molar-refractivity contribution < 1.29 is 9.53 Å². The summed E-state index contributed by atoms with van der Waals surface area (Å²) in [6, 6.07) is 24.9. The molecule has 5 rings (SSSR count). The number of fused-ring (bicyclic) bond motifs is 3. The molecule has 2 N–H and O–H groups in total. The maximum atomic E-state index is 12.3. The molecule has 0 saturated carbocycles. The van der Waals surface area contributed by atoms with Gasteiger partial charge in [0.1, 0.15) is 6.61 Å². The van der Waals surface area contributed by atoms with Crippen molar-refractivity contribution in [1.82, 2.24) is 10.6 Å². The van der Waals surface area contributed by atoms with Gasteiger partial charge in [-0.2, -0.15) is 0 Å². The average molecular weight is 438 g/mol. The number of piperazine rings is 1. The number of carbonyl (C=O) groups excluding carboxylic acids is 1. The summed E-state index contributed by atoms with van der Waals surface area (Å²) < 4.78 is 5.56. The van der Waals surface area contributed by atoms with Crippen LogP contribution in [0, 0.1) is 11.8 Å². The largest absolute Gasteiger partial charge is 0.449 e. The molecule has 0 bridgehead atoms. The summed E-state index contributed by atoms with van der Waals surface area (Å²) in [6.45, 7) is 4.55. The van der Waals surface area contributed by atoms with Gasteiger partial charge in [-0.3, -0.25) is 0 Å². The van der Waals surface area contributed by atoms with Gasteiger partial charge in [-0.25, -0.2) is 4.79 Å². The molecule has 1 aliphatic heterocycles. The maximum Gasteiger partial charge on any atom is 0.407 e. The molecule has 166 valence electrons. The highest BCUT2D eigenvalue weighted by atomic mass is 16.5. The Bertz CT molecular complexity index is 1160. The van der Waals surface area contributed by atoms with E-state index in [4.69, 9.17) is 4.74 Å². The van der Waals surface area contributed by atoms with Crippen molar-refractivity contribution >= 4 is 11.8 Å². The standard InChI is InChI=1S/C28H27N3O2/c32-28(30-14-6-8-21-7-5-9-22(19-21)31-17-15-29-16-18-31)33-20-27-25-12-3-1-10-23(25)24-11-2-4-13-26(24)27/h1-5,7,9-13,19,27,29H,14-18,20H2,(H,30,32). The number of alkyl carbamates (subject to hydrolysis) is 1. The molecule has 1 saturated heterocycles. The third kappa shape index (κ3) is 4.72. The second-order valence-corrected chi connectivity index (χ2v) is 8.27. The molecule has 0 unspecified atom stereocenters. The highest BCUT2D eigenvalue weighted by molar-refractivity contribution is 5.79. The number of hydrogen-bond donors (Lipinski definition) is 2. The Kier molecular flexibility index (Phi) is 6.27. The fourth-order valence-electron chi connectivity index (χ4n) is 4.62. The van der Waals surface area contributed by atoms with Gasteiger partial charge in [0.25, 0.3) is 0 Å². The molecule has 0 aromatic heterocycles. The van der Waals surface area contributed by atoms with E-state index in [9.17, 15) is 4.79 Å². The Morgan fingerprint density at radius 2 is 1.67 bits per heavy atom. The highest BCUT2D eigenvalue weighted by Crippen LogP contribution is 2.44. The van der Waals surface area contributed by atoms with Crippen molar-refractivity contribution in [1.29, 1.82) is 0 Å². The Labute approximate surface area is 194 Å². The van der Waals surface area contributed by atoms with Crippen LogP contribution >= 0.6 is 0 Å². The third-order valence-corrected chi connectivity index (χ3v) is 6.23. The van der Waals surface area contributed by atoms with E-state index < -0.39 is 6.09 Å². The third-order valence-electron chi connectivity index (χ3n) is 6.23. The Balaban J connectivity index is 1.15. The number of benzene rings is 3. The summed E-state index contributed by atoms with van der Waals surface area (Å²) in [7, 11) is 0. The molecule has 33 heavy (non-hydrogen) atoms. The van der Waals surface area contributed by atoms with Crippen LogP contribution < -0.4 is 15.5 Å². The monoisotopic (exact) mass is 437 g/mol. The average Bonchev–Trinajstić information content (AvgIpc) is 3.20. The minimum atomic E-state index is -0.444. The number of carbonyl (C=O) groups is 1. The fourth-order valence-corrected chi connectivity index (χ4v) is 4.62. The van der Waals surface area contributed by atoms with Gasteiger partial charge < -0.3 is 20.3 Å². The zero-order valence-corrected chi connectivity index (χ0v) is 18.5. The molecule has 2 aliphatic rings. The van der Waals surface area contributed by atoms with Gasteiger partial charge in [0.15, 0.2) is 0 Å². The number of rotatable bonds is 4. The molecule has 1 aliphatic carbocycles. The van der Waals surface area contributed by atoms with Crippen molar-refractivity contribution in [2.45, 2.75) is 5.92 Å². The fraction of sp³-hybridized carbons (Fsp3) is 0.250. The summed E-state index contributed by atoms with van der Waals surface area (Å²) in [5, 5.41) is 6.12. The van der Waals surface area contributed by atoms with Crippen molar-refractivity contribution in [3.05, 3.63) is 89.5 Å². The summed E-state index contributed by atoms with van der Waals surface area (Å²) in [6.07, 6.45) is -0.444. The predicted octanol–water partition coefficient (Wildman–Crippen LogP) is 3.99. The molecule has 0 spiro atoms. The second-order valence-electron chi connectivity index (χ2n) is 8.27. The number of anilines is 1. The lowest BCUT2D eigenvalue weighted by molar-refractivity contribution is 0.144. The van der Waals surface area contributed by atoms with Crippen LogP contribution in [0.25, 0.3) is 11.1 Å². The number of nitrogens with one attached hydrogen (secondary N) is 2. The topological polar surface area (TPSA) is 53.6 Å². The van der Waals surface area contributed by atoms with Gasteiger partial charge in [0, 0.05) is 43.3 Å². The zero-order valence-electron chi connectivity index (χ0n) is 18.5. The SMILES string of the molecule is O=C(NCC#Cc1cccc(N2CCNCC2)c1)OCC1c2ccccc2-c2ccccc21. The molecule has 3 aromatic rings. The van der Waals surface area contributed by atoms with E-state index in [1.165, 1.54) is 27.9 Å². The lowest BCUT2D eigenvalue weighted by Gasteiger charge is -2.29. The van der Waals surface area contributed by atoms with E-state index in [1.54, 1.807) is 0 Å². The van der Waals surface area contributed by atoms with E-state index in [-0.39, 0.29) is 12.5 Å². The molecule has 1 fully saturated rings. The number of hydrogen-bond acceptors (Lipinski definition) is 4. The minimum absolute atomic E-state index is 0.0574. The molecule has 5 heteroatoms. The second kappa shape index (κ2) is 9.81. The van der Waals surface area contributed by atoms with Crippen LogP contribution in [0.2, 0.25) is 0 Å². The molecule has 1 amide bonds. The van der Waals surface area contributed by atoms with Gasteiger partial charge in [0.05, 0.1) is 6.54 Å². The Hall–Kier alpha value is -3.75. The summed E-state index contributed by atoms with van der Waals surface area (Å²) in [5.41, 5.74) is 6.98. The van der Waals surface area contributed by atoms with Gasteiger partial charge in [-0.1, -0.05) is 66.4 Å². The highest BCUT2D eigenvalue weighted by Gasteiger charge is 2.28. The van der Waals surface area contributed by atoms with E-state index >= 15 is 0 Å². The molecule has 3 aromatic carbocycles. The summed E-state index contributed by atoms with van der Waals surface area (Å²) >= 11 is 0. The molecule has 0 radical (unpaired) electrons. The molecule has 1 heterocycles. The van der Waals surface area contributed by atoms with Crippen molar-refractivity contribution in [3.8, 4) is 23.0 Å². The van der Waals surface area contributed by atoms with Crippen molar-refractivity contribution in [2.75, 3.05) is 44.2 Å². The van der Waals surface area contributed by atoms with Gasteiger partial charge in [-0.15, -0.1) is 0 Å².